The van der Waals surface area contributed by atoms with Crippen LogP contribution in [-0.4, -0.2) is 9.55 Å². The Bertz CT molecular complexity index is 688. The fourth-order valence-corrected chi connectivity index (χ4v) is 2.90. The number of fused-ring (bicyclic) bond motifs is 1. The first-order valence-electron chi connectivity index (χ1n) is 5.62. The summed E-state index contributed by atoms with van der Waals surface area (Å²) < 4.78 is 15.2. The molecule has 0 bridgehead atoms. The first kappa shape index (κ1) is 11.2. The molecule has 0 aliphatic heterocycles. The molecule has 3 aromatic rings. The highest BCUT2D eigenvalue weighted by Crippen LogP contribution is 2.28. The van der Waals surface area contributed by atoms with Gasteiger partial charge in [0.05, 0.1) is 17.1 Å². The molecule has 0 aliphatic carbocycles. The topological polar surface area (TPSA) is 43.8 Å². The van der Waals surface area contributed by atoms with E-state index >= 15 is 0 Å². The van der Waals surface area contributed by atoms with Crippen LogP contribution in [0.25, 0.3) is 11.0 Å². The van der Waals surface area contributed by atoms with Gasteiger partial charge in [0.1, 0.15) is 5.82 Å². The number of thiophene rings is 1. The van der Waals surface area contributed by atoms with Gasteiger partial charge in [0.25, 0.3) is 0 Å². The van der Waals surface area contributed by atoms with E-state index in [2.05, 4.69) is 10.4 Å². The number of anilines is 1. The zero-order valence-electron chi connectivity index (χ0n) is 9.80. The van der Waals surface area contributed by atoms with Crippen molar-refractivity contribution in [3.63, 3.8) is 0 Å². The van der Waals surface area contributed by atoms with Crippen molar-refractivity contribution in [1.29, 1.82) is 0 Å². The largest absolute Gasteiger partial charge is 0.369 e. The van der Waals surface area contributed by atoms with Crippen molar-refractivity contribution < 1.29 is 4.39 Å². The summed E-state index contributed by atoms with van der Waals surface area (Å²) in [5.74, 6) is 0.135. The number of hydrogen-bond acceptors (Lipinski definition) is 3. The van der Waals surface area contributed by atoms with Gasteiger partial charge in [-0.15, -0.1) is 0 Å². The summed E-state index contributed by atoms with van der Waals surface area (Å²) in [6.45, 7) is 2.03. The zero-order chi connectivity index (χ0) is 12.7. The van der Waals surface area contributed by atoms with Gasteiger partial charge in [-0.05, 0) is 47.5 Å². The molecule has 1 atom stereocenters. The number of nitrogens with zero attached hydrogens (tertiary/aromatic N) is 2. The second kappa shape index (κ2) is 4.10. The van der Waals surface area contributed by atoms with E-state index < -0.39 is 0 Å². The van der Waals surface area contributed by atoms with Gasteiger partial charge in [-0.1, -0.05) is 0 Å². The molecule has 0 radical (unpaired) electrons. The van der Waals surface area contributed by atoms with E-state index in [9.17, 15) is 4.39 Å². The number of halogens is 1. The molecule has 2 N–H and O–H groups in total. The highest BCUT2D eigenvalue weighted by atomic mass is 32.1. The Labute approximate surface area is 108 Å². The van der Waals surface area contributed by atoms with Crippen LogP contribution in [-0.2, 0) is 0 Å². The summed E-state index contributed by atoms with van der Waals surface area (Å²) in [4.78, 5) is 4.26. The number of aromatic nitrogens is 2. The minimum Gasteiger partial charge on any atom is -0.369 e. The van der Waals surface area contributed by atoms with Gasteiger partial charge in [-0.25, -0.2) is 9.37 Å². The van der Waals surface area contributed by atoms with Gasteiger partial charge in [-0.3, -0.25) is 0 Å². The molecule has 2 aromatic heterocycles. The monoisotopic (exact) mass is 261 g/mol. The molecule has 3 rings (SSSR count). The predicted octanol–water partition coefficient (Wildman–Crippen LogP) is 3.43. The molecule has 0 amide bonds. The number of hydrogen-bond donors (Lipinski definition) is 1. The lowest BCUT2D eigenvalue weighted by Gasteiger charge is -2.14. The van der Waals surface area contributed by atoms with Crippen molar-refractivity contribution in [3.05, 3.63) is 46.4 Å². The molecule has 0 aliphatic rings. The number of nitrogens with two attached hydrogens (primary N) is 1. The standard InChI is InChI=1S/C13H12FN3S/c1-8(9-4-5-18-7-9)17-12-6-10(14)2-3-11(12)16-13(17)15/h2-8H,1H3,(H2,15,16). The van der Waals surface area contributed by atoms with E-state index in [-0.39, 0.29) is 11.9 Å². The van der Waals surface area contributed by atoms with Crippen LogP contribution < -0.4 is 5.73 Å². The van der Waals surface area contributed by atoms with E-state index in [0.29, 0.717) is 5.95 Å². The summed E-state index contributed by atoms with van der Waals surface area (Å²) >= 11 is 1.63. The summed E-state index contributed by atoms with van der Waals surface area (Å²) in [6.07, 6.45) is 0. The molecule has 0 saturated heterocycles. The second-order valence-electron chi connectivity index (χ2n) is 4.21. The lowest BCUT2D eigenvalue weighted by Crippen LogP contribution is -2.09. The maximum Gasteiger partial charge on any atom is 0.201 e. The molecular formula is C13H12FN3S. The fourth-order valence-electron chi connectivity index (χ4n) is 2.15. The molecule has 0 spiro atoms. The van der Waals surface area contributed by atoms with Crippen molar-refractivity contribution in [2.75, 3.05) is 5.73 Å². The van der Waals surface area contributed by atoms with E-state index in [1.165, 1.54) is 12.1 Å². The van der Waals surface area contributed by atoms with Crippen LogP contribution in [0.4, 0.5) is 10.3 Å². The molecule has 5 heteroatoms. The Morgan fingerprint density at radius 1 is 1.39 bits per heavy atom. The van der Waals surface area contributed by atoms with Crippen LogP contribution in [0.3, 0.4) is 0 Å². The minimum absolute atomic E-state index is 0.0445. The fraction of sp³-hybridized carbons (Fsp3) is 0.154. The Balaban J connectivity index is 2.22. The highest BCUT2D eigenvalue weighted by Gasteiger charge is 2.16. The zero-order valence-corrected chi connectivity index (χ0v) is 10.6. The lowest BCUT2D eigenvalue weighted by molar-refractivity contribution is 0.625. The molecule has 2 heterocycles. The molecule has 1 unspecified atom stereocenters. The average molecular weight is 261 g/mol. The van der Waals surface area contributed by atoms with Crippen molar-refractivity contribution in [1.82, 2.24) is 9.55 Å². The predicted molar refractivity (Wildman–Crippen MR) is 72.2 cm³/mol. The van der Waals surface area contributed by atoms with Crippen LogP contribution in [0, 0.1) is 5.82 Å². The maximum atomic E-state index is 13.4. The minimum atomic E-state index is -0.277. The van der Waals surface area contributed by atoms with Crippen molar-refractivity contribution in [3.8, 4) is 0 Å². The third kappa shape index (κ3) is 1.67. The van der Waals surface area contributed by atoms with Gasteiger partial charge in [0.15, 0.2) is 0 Å². The Morgan fingerprint density at radius 3 is 2.94 bits per heavy atom. The Morgan fingerprint density at radius 2 is 2.22 bits per heavy atom. The SMILES string of the molecule is CC(c1ccsc1)n1c(N)nc2ccc(F)cc21. The van der Waals surface area contributed by atoms with Gasteiger partial charge in [-0.2, -0.15) is 11.3 Å². The number of rotatable bonds is 2. The van der Waals surface area contributed by atoms with Crippen molar-refractivity contribution in [2.24, 2.45) is 0 Å². The van der Waals surface area contributed by atoms with Gasteiger partial charge in [0, 0.05) is 0 Å². The van der Waals surface area contributed by atoms with E-state index in [4.69, 9.17) is 5.73 Å². The first-order valence-corrected chi connectivity index (χ1v) is 6.56. The lowest BCUT2D eigenvalue weighted by atomic mass is 10.1. The third-order valence-electron chi connectivity index (χ3n) is 3.09. The molecule has 0 fully saturated rings. The Kier molecular flexibility index (Phi) is 2.56. The summed E-state index contributed by atoms with van der Waals surface area (Å²) in [6, 6.07) is 6.61. The summed E-state index contributed by atoms with van der Waals surface area (Å²) in [5, 5.41) is 4.08. The Hall–Kier alpha value is -1.88. The van der Waals surface area contributed by atoms with E-state index in [0.717, 1.165) is 16.6 Å². The van der Waals surface area contributed by atoms with Crippen LogP contribution in [0.2, 0.25) is 0 Å². The molecular weight excluding hydrogens is 249 g/mol. The van der Waals surface area contributed by atoms with Gasteiger partial charge in [0.2, 0.25) is 5.95 Å². The molecule has 18 heavy (non-hydrogen) atoms. The van der Waals surface area contributed by atoms with Crippen LogP contribution in [0.15, 0.2) is 35.0 Å². The second-order valence-corrected chi connectivity index (χ2v) is 4.99. The molecule has 0 saturated carbocycles. The number of nitrogen functional groups attached to an aromatic ring is 1. The first-order chi connectivity index (χ1) is 8.66. The normalized spacial score (nSPS) is 13.0. The van der Waals surface area contributed by atoms with Crippen LogP contribution in [0.1, 0.15) is 18.5 Å². The molecule has 3 nitrogen and oxygen atoms in total. The van der Waals surface area contributed by atoms with E-state index in [1.54, 1.807) is 17.4 Å². The summed E-state index contributed by atoms with van der Waals surface area (Å²) in [7, 11) is 0. The maximum absolute atomic E-state index is 13.4. The van der Waals surface area contributed by atoms with Gasteiger partial charge >= 0.3 is 0 Å². The summed E-state index contributed by atoms with van der Waals surface area (Å²) in [5.41, 5.74) is 8.54. The quantitative estimate of drug-likeness (QED) is 0.768. The van der Waals surface area contributed by atoms with Crippen molar-refractivity contribution in [2.45, 2.75) is 13.0 Å². The van der Waals surface area contributed by atoms with Crippen molar-refractivity contribution >= 4 is 28.3 Å². The number of imidazole rings is 1. The van der Waals surface area contributed by atoms with Crippen LogP contribution in [0.5, 0.6) is 0 Å². The smallest absolute Gasteiger partial charge is 0.201 e. The van der Waals surface area contributed by atoms with Crippen LogP contribution >= 0.6 is 11.3 Å². The highest BCUT2D eigenvalue weighted by molar-refractivity contribution is 7.07. The third-order valence-corrected chi connectivity index (χ3v) is 3.79. The molecule has 92 valence electrons. The number of benzene rings is 1. The van der Waals surface area contributed by atoms with Gasteiger partial charge < -0.3 is 10.3 Å². The van der Waals surface area contributed by atoms with E-state index in [1.807, 2.05) is 22.9 Å². The molecule has 1 aromatic carbocycles. The average Bonchev–Trinajstić information content (AvgIpc) is 2.94.